The number of likely N-dealkylation sites (N-methyl/N-ethyl adjacent to an activating group) is 1. The van der Waals surface area contributed by atoms with Crippen LogP contribution in [0.3, 0.4) is 0 Å². The molecule has 0 aliphatic carbocycles. The molecular weight excluding hydrogens is 276 g/mol. The van der Waals surface area contributed by atoms with E-state index in [2.05, 4.69) is 5.32 Å². The number of phenolic OH excluding ortho intramolecular Hbond substituents is 1. The van der Waals surface area contributed by atoms with Crippen molar-refractivity contribution in [3.63, 3.8) is 0 Å². The number of rotatable bonds is 5. The third-order valence-electron chi connectivity index (χ3n) is 3.66. The monoisotopic (exact) mass is 298 g/mol. The van der Waals surface area contributed by atoms with Gasteiger partial charge in [0.2, 0.25) is 5.91 Å². The maximum atomic E-state index is 12.3. The van der Waals surface area contributed by atoms with Crippen LogP contribution in [0.5, 0.6) is 5.75 Å². The average molecular weight is 298 g/mol. The van der Waals surface area contributed by atoms with E-state index in [9.17, 15) is 9.90 Å². The maximum Gasteiger partial charge on any atom is 0.241 e. The number of aromatic hydroxyl groups is 1. The summed E-state index contributed by atoms with van der Waals surface area (Å²) in [6, 6.07) is 14.5. The molecule has 0 radical (unpaired) electrons. The molecule has 2 rings (SSSR count). The number of nitrogens with zero attached hydrogens (tertiary/aromatic N) is 1. The molecule has 0 saturated heterocycles. The van der Waals surface area contributed by atoms with Gasteiger partial charge in [-0.3, -0.25) is 9.69 Å². The summed E-state index contributed by atoms with van der Waals surface area (Å²) in [5.74, 6) is 0.154. The van der Waals surface area contributed by atoms with Crippen molar-refractivity contribution in [2.75, 3.05) is 19.4 Å². The highest BCUT2D eigenvalue weighted by molar-refractivity contribution is 5.95. The number of anilines is 1. The Balaban J connectivity index is 2.25. The summed E-state index contributed by atoms with van der Waals surface area (Å²) in [4.78, 5) is 14.2. The Bertz CT molecular complexity index is 639. The highest BCUT2D eigenvalue weighted by Crippen LogP contribution is 2.31. The Morgan fingerprint density at radius 1 is 1.18 bits per heavy atom. The van der Waals surface area contributed by atoms with Crippen molar-refractivity contribution >= 4 is 11.6 Å². The number of nitrogens with one attached hydrogen (secondary N) is 1. The first kappa shape index (κ1) is 16.0. The second kappa shape index (κ2) is 7.09. The normalized spacial score (nSPS) is 12.2. The lowest BCUT2D eigenvalue weighted by Crippen LogP contribution is -2.39. The van der Waals surface area contributed by atoms with E-state index < -0.39 is 0 Å². The molecule has 4 nitrogen and oxygen atoms in total. The minimum absolute atomic E-state index is 0.0443. The predicted octanol–water partition coefficient (Wildman–Crippen LogP) is 3.34. The summed E-state index contributed by atoms with van der Waals surface area (Å²) < 4.78 is 0. The van der Waals surface area contributed by atoms with Crippen LogP contribution in [0.25, 0.3) is 11.1 Å². The van der Waals surface area contributed by atoms with E-state index in [-0.39, 0.29) is 17.7 Å². The Morgan fingerprint density at radius 2 is 1.86 bits per heavy atom. The molecule has 2 N–H and O–H groups in total. The Labute approximate surface area is 131 Å². The van der Waals surface area contributed by atoms with Crippen molar-refractivity contribution in [2.24, 2.45) is 0 Å². The first-order valence-electron chi connectivity index (χ1n) is 7.38. The Morgan fingerprint density at radius 3 is 2.45 bits per heavy atom. The van der Waals surface area contributed by atoms with Crippen LogP contribution in [0.2, 0.25) is 0 Å². The van der Waals surface area contributed by atoms with Gasteiger partial charge in [-0.05, 0) is 44.3 Å². The molecule has 0 aliphatic rings. The van der Waals surface area contributed by atoms with Gasteiger partial charge in [0.15, 0.2) is 0 Å². The quantitative estimate of drug-likeness (QED) is 0.832. The van der Waals surface area contributed by atoms with E-state index in [0.717, 1.165) is 12.0 Å². The molecule has 1 amide bonds. The number of amides is 1. The molecule has 0 heterocycles. The number of hydrogen-bond donors (Lipinski definition) is 2. The standard InChI is InChI=1S/C18H22N2O2/c1-4-16(20(2)3)18(22)19-14-10-11-17(21)15(12-14)13-8-6-5-7-9-13/h5-12,16,21H,4H2,1-3H3,(H,19,22)/t16-/m0/s1. The summed E-state index contributed by atoms with van der Waals surface area (Å²) in [5.41, 5.74) is 2.30. The lowest BCUT2D eigenvalue weighted by Gasteiger charge is -2.22. The Kier molecular flexibility index (Phi) is 5.17. The lowest BCUT2D eigenvalue weighted by molar-refractivity contribution is -0.120. The fraction of sp³-hybridized carbons (Fsp3) is 0.278. The molecule has 0 spiro atoms. The summed E-state index contributed by atoms with van der Waals surface area (Å²) >= 11 is 0. The molecule has 0 aromatic heterocycles. The fourth-order valence-electron chi connectivity index (χ4n) is 2.47. The average Bonchev–Trinajstić information content (AvgIpc) is 2.50. The molecule has 0 bridgehead atoms. The van der Waals surface area contributed by atoms with Crippen molar-refractivity contribution < 1.29 is 9.90 Å². The molecule has 22 heavy (non-hydrogen) atoms. The van der Waals surface area contributed by atoms with Gasteiger partial charge in [-0.1, -0.05) is 37.3 Å². The van der Waals surface area contributed by atoms with Crippen molar-refractivity contribution in [3.8, 4) is 16.9 Å². The topological polar surface area (TPSA) is 52.6 Å². The van der Waals surface area contributed by atoms with Gasteiger partial charge in [-0.15, -0.1) is 0 Å². The summed E-state index contributed by atoms with van der Waals surface area (Å²) in [5, 5.41) is 13.0. The van der Waals surface area contributed by atoms with Crippen LogP contribution in [-0.4, -0.2) is 36.1 Å². The summed E-state index contributed by atoms with van der Waals surface area (Å²) in [6.07, 6.45) is 0.739. The van der Waals surface area contributed by atoms with Gasteiger partial charge in [-0.25, -0.2) is 0 Å². The van der Waals surface area contributed by atoms with Gasteiger partial charge >= 0.3 is 0 Å². The molecule has 2 aromatic carbocycles. The van der Waals surface area contributed by atoms with E-state index >= 15 is 0 Å². The molecule has 0 fully saturated rings. The third-order valence-corrected chi connectivity index (χ3v) is 3.66. The maximum absolute atomic E-state index is 12.3. The Hall–Kier alpha value is -2.33. The number of carbonyl (C=O) groups excluding carboxylic acids is 1. The zero-order valence-electron chi connectivity index (χ0n) is 13.2. The largest absolute Gasteiger partial charge is 0.507 e. The van der Waals surface area contributed by atoms with Gasteiger partial charge < -0.3 is 10.4 Å². The van der Waals surface area contributed by atoms with Crippen LogP contribution in [0.4, 0.5) is 5.69 Å². The molecule has 2 aromatic rings. The predicted molar refractivity (Wildman–Crippen MR) is 89.9 cm³/mol. The van der Waals surface area contributed by atoms with Gasteiger partial charge in [0.1, 0.15) is 5.75 Å². The summed E-state index contributed by atoms with van der Waals surface area (Å²) in [6.45, 7) is 1.98. The van der Waals surface area contributed by atoms with E-state index in [1.807, 2.05) is 56.3 Å². The van der Waals surface area contributed by atoms with E-state index in [1.165, 1.54) is 0 Å². The second-order valence-electron chi connectivity index (χ2n) is 5.47. The van der Waals surface area contributed by atoms with Gasteiger partial charge in [0.05, 0.1) is 6.04 Å². The van der Waals surface area contributed by atoms with Crippen LogP contribution >= 0.6 is 0 Å². The fourth-order valence-corrected chi connectivity index (χ4v) is 2.47. The van der Waals surface area contributed by atoms with Crippen LogP contribution < -0.4 is 5.32 Å². The molecule has 0 saturated carbocycles. The van der Waals surface area contributed by atoms with Crippen molar-refractivity contribution in [1.82, 2.24) is 4.90 Å². The van der Waals surface area contributed by atoms with Gasteiger partial charge in [0, 0.05) is 11.3 Å². The molecule has 0 unspecified atom stereocenters. The molecule has 4 heteroatoms. The second-order valence-corrected chi connectivity index (χ2v) is 5.47. The number of carbonyl (C=O) groups is 1. The van der Waals surface area contributed by atoms with Crippen LogP contribution in [-0.2, 0) is 4.79 Å². The molecule has 0 aliphatic heterocycles. The van der Waals surface area contributed by atoms with Gasteiger partial charge in [-0.2, -0.15) is 0 Å². The molecular formula is C18H22N2O2. The minimum Gasteiger partial charge on any atom is -0.507 e. The van der Waals surface area contributed by atoms with Crippen molar-refractivity contribution in [1.29, 1.82) is 0 Å². The molecule has 116 valence electrons. The highest BCUT2D eigenvalue weighted by Gasteiger charge is 2.18. The zero-order valence-corrected chi connectivity index (χ0v) is 13.2. The number of hydrogen-bond acceptors (Lipinski definition) is 3. The lowest BCUT2D eigenvalue weighted by atomic mass is 10.0. The van der Waals surface area contributed by atoms with Gasteiger partial charge in [0.25, 0.3) is 0 Å². The zero-order chi connectivity index (χ0) is 16.1. The minimum atomic E-state index is -0.172. The van der Waals surface area contributed by atoms with Crippen LogP contribution in [0.1, 0.15) is 13.3 Å². The van der Waals surface area contributed by atoms with Crippen molar-refractivity contribution in [3.05, 3.63) is 48.5 Å². The first-order chi connectivity index (χ1) is 10.5. The molecule has 1 atom stereocenters. The smallest absolute Gasteiger partial charge is 0.241 e. The number of phenols is 1. The first-order valence-corrected chi connectivity index (χ1v) is 7.38. The van der Waals surface area contributed by atoms with E-state index in [1.54, 1.807) is 18.2 Å². The highest BCUT2D eigenvalue weighted by atomic mass is 16.3. The van der Waals surface area contributed by atoms with Crippen molar-refractivity contribution in [2.45, 2.75) is 19.4 Å². The van der Waals surface area contributed by atoms with Crippen LogP contribution in [0.15, 0.2) is 48.5 Å². The van der Waals surface area contributed by atoms with E-state index in [4.69, 9.17) is 0 Å². The summed E-state index contributed by atoms with van der Waals surface area (Å²) in [7, 11) is 3.78. The van der Waals surface area contributed by atoms with Crippen LogP contribution in [0, 0.1) is 0 Å². The third kappa shape index (κ3) is 3.65. The number of benzene rings is 2. The SMILES string of the molecule is CC[C@@H](C(=O)Nc1ccc(O)c(-c2ccccc2)c1)N(C)C. The van der Waals surface area contributed by atoms with E-state index in [0.29, 0.717) is 11.3 Å².